The maximum Gasteiger partial charge on any atom is 0.322 e. The number of ether oxygens (including phenoxy) is 3. The fourth-order valence-electron chi connectivity index (χ4n) is 12.8. The van der Waals surface area contributed by atoms with Crippen LogP contribution >= 0.6 is 23.2 Å². The number of fused-ring (bicyclic) bond motifs is 5. The number of hydrogen-bond donors (Lipinski definition) is 11. The van der Waals surface area contributed by atoms with Gasteiger partial charge in [0.25, 0.3) is 17.7 Å². The molecule has 29 nitrogen and oxygen atoms in total. The fourth-order valence-corrected chi connectivity index (χ4v) is 13.2. The van der Waals surface area contributed by atoms with Crippen LogP contribution in [-0.4, -0.2) is 178 Å². The van der Waals surface area contributed by atoms with Gasteiger partial charge in [0, 0.05) is 162 Å². The fraction of sp³-hybridized carbons (Fsp3) is 0.351. The molecule has 5 aliphatic heterocycles. The molecule has 15 rings (SSSR count). The van der Waals surface area contributed by atoms with Crippen LogP contribution in [0.2, 0.25) is 10.0 Å². The lowest BCUT2D eigenvalue weighted by Crippen LogP contribution is -2.39. The average molecular weight is 1530 g/mol. The highest BCUT2D eigenvalue weighted by Gasteiger charge is 2.34. The van der Waals surface area contributed by atoms with E-state index in [2.05, 4.69) is 61.6 Å². The number of alkyl halides is 1. The number of benzene rings is 5. The average Bonchev–Trinajstić information content (AvgIpc) is 1.69. The highest BCUT2D eigenvalue weighted by Crippen LogP contribution is 2.32. The van der Waals surface area contributed by atoms with Crippen molar-refractivity contribution in [2.45, 2.75) is 124 Å². The number of anilines is 2. The highest BCUT2D eigenvalue weighted by atomic mass is 35.5. The number of urea groups is 2. The van der Waals surface area contributed by atoms with Gasteiger partial charge in [-0.1, -0.05) is 89.9 Å². The van der Waals surface area contributed by atoms with E-state index in [9.17, 15) is 48.8 Å². The van der Waals surface area contributed by atoms with Gasteiger partial charge in [-0.3, -0.25) is 39.9 Å². The number of para-hydroxylation sites is 3. The summed E-state index contributed by atoms with van der Waals surface area (Å²) < 4.78 is 29.3. The number of hydrogen-bond acceptors (Lipinski definition) is 17. The molecule has 32 heteroatoms. The van der Waals surface area contributed by atoms with Crippen LogP contribution in [0.25, 0.3) is 0 Å². The predicted molar refractivity (Wildman–Crippen MR) is 402 cm³/mol. The monoisotopic (exact) mass is 1530 g/mol. The minimum atomic E-state index is -1.05. The minimum absolute atomic E-state index is 0.00898. The first kappa shape index (κ1) is 78.9. The second kappa shape index (κ2) is 36.6. The summed E-state index contributed by atoms with van der Waals surface area (Å²) in [7, 11) is 0. The van der Waals surface area contributed by atoms with Crippen molar-refractivity contribution in [3.8, 4) is 17.2 Å². The zero-order chi connectivity index (χ0) is 77.2. The van der Waals surface area contributed by atoms with Crippen LogP contribution in [0.5, 0.6) is 17.2 Å². The Bertz CT molecular complexity index is 4560. The number of amides is 7. The van der Waals surface area contributed by atoms with Gasteiger partial charge in [-0.15, -0.1) is 0 Å². The molecular formula is C77H88Cl2FN17O12. The molecule has 0 spiro atoms. The number of aromatic nitrogens is 10. The smallest absolute Gasteiger partial charge is 0.322 e. The van der Waals surface area contributed by atoms with Gasteiger partial charge in [-0.2, -0.15) is 25.5 Å². The first-order valence-corrected chi connectivity index (χ1v) is 36.3. The molecule has 10 heterocycles. The Hall–Kier alpha value is -11.2. The van der Waals surface area contributed by atoms with Crippen LogP contribution in [0, 0.1) is 0 Å². The van der Waals surface area contributed by atoms with Gasteiger partial charge in [0.05, 0.1) is 54.8 Å². The van der Waals surface area contributed by atoms with E-state index in [0.29, 0.717) is 158 Å². The van der Waals surface area contributed by atoms with E-state index < -0.39 is 17.9 Å². The first-order valence-electron chi connectivity index (χ1n) is 35.5. The van der Waals surface area contributed by atoms with Gasteiger partial charge in [0.15, 0.2) is 19.8 Å². The standard InChI is InChI=1S/C17H21N3O3.C16H19ClN4O2.C15H16FN3O2.C15H17N3O3.C14H15ClN4O2/c1-17(2,22)16-13-10-20(9-8-14(13)18-19-16)15(21)11-23-12-6-4-3-5-7-12;1-16(2,23)14-12-9-21(7-6-13(12)19-20-14)15(22)18-11-5-3-4-10(17)8-11;16-8-14-12-9-19(7-6-13(12)17-18-14)15(20)10-21-11-4-2-1-3-5-11;19-9-14-12-8-18(7-6-13(12)16-17-14)15(20)10-21-11-4-2-1-3-5-11;15-9-2-1-3-10(6-9)16-14(21)19-5-4-12-11(7-19)13(8-20)18-17-12/h3-7,22H,8-11H2,1-2H3,(H,18,19);3-5,8,23H,6-7,9H2,1-2H3,(H,18,22)(H,19,20);1-5H,6-10H2,(H,17,18);1-5,19H,6-10H2,(H,16,17);1-3,6,20H,4-5,7-8H2,(H,16,21)(H,17,18). The zero-order valence-corrected chi connectivity index (χ0v) is 62.3. The van der Waals surface area contributed by atoms with E-state index in [1.807, 2.05) is 78.9 Å². The van der Waals surface area contributed by atoms with E-state index >= 15 is 0 Å². The van der Waals surface area contributed by atoms with Crippen LogP contribution in [0.1, 0.15) is 112 Å². The molecule has 7 amide bonds. The maximum absolute atomic E-state index is 12.8. The minimum Gasteiger partial charge on any atom is -0.484 e. The predicted octanol–water partition coefficient (Wildman–Crippen LogP) is 9.34. The maximum atomic E-state index is 12.8. The summed E-state index contributed by atoms with van der Waals surface area (Å²) in [6.07, 6.45) is 3.47. The van der Waals surface area contributed by atoms with Crippen LogP contribution in [0.4, 0.5) is 25.4 Å². The summed E-state index contributed by atoms with van der Waals surface area (Å²) in [4.78, 5) is 70.1. The molecule has 0 unspecified atom stereocenters. The summed E-state index contributed by atoms with van der Waals surface area (Å²) in [5, 5.41) is 80.8. The summed E-state index contributed by atoms with van der Waals surface area (Å²) >= 11 is 11.8. The lowest BCUT2D eigenvalue weighted by atomic mass is 9.96. The third-order valence-electron chi connectivity index (χ3n) is 18.6. The molecule has 10 aromatic rings. The summed E-state index contributed by atoms with van der Waals surface area (Å²) in [6.45, 7) is 11.1. The number of nitrogens with zero attached hydrogens (tertiary/aromatic N) is 10. The number of carbonyl (C=O) groups is 5. The molecule has 5 aliphatic rings. The van der Waals surface area contributed by atoms with Crippen molar-refractivity contribution in [1.29, 1.82) is 0 Å². The summed E-state index contributed by atoms with van der Waals surface area (Å²) in [5.74, 6) is 1.80. The molecule has 109 heavy (non-hydrogen) atoms. The number of carbonyl (C=O) groups excluding carboxylic acids is 5. The molecule has 574 valence electrons. The van der Waals surface area contributed by atoms with Gasteiger partial charge in [-0.25, -0.2) is 14.0 Å². The molecule has 0 radical (unpaired) electrons. The largest absolute Gasteiger partial charge is 0.484 e. The van der Waals surface area contributed by atoms with Crippen LogP contribution in [0.3, 0.4) is 0 Å². The first-order chi connectivity index (χ1) is 52.5. The van der Waals surface area contributed by atoms with Crippen molar-refractivity contribution in [2.24, 2.45) is 0 Å². The van der Waals surface area contributed by atoms with Gasteiger partial charge in [-0.05, 0) is 100 Å². The molecular weight excluding hydrogens is 1440 g/mol. The number of aliphatic hydroxyl groups excluding tert-OH is 2. The Balaban J connectivity index is 0.000000135. The van der Waals surface area contributed by atoms with Crippen molar-refractivity contribution in [3.63, 3.8) is 0 Å². The summed E-state index contributed by atoms with van der Waals surface area (Å²) in [5.41, 5.74) is 11.4. The SMILES string of the molecule is CC(C)(O)c1n[nH]c2c1CN(C(=O)COc1ccccc1)CC2.CC(C)(O)c1n[nH]c2c1CN(C(=O)Nc1cccc(Cl)c1)CC2.O=C(COc1ccccc1)N1CCc2[nH]nc(CF)c2C1.O=C(COc1ccccc1)N1CCc2[nH]nc(CO)c2C1.O=C(Nc1cccc(Cl)c1)N1CCc2[nH]nc(CO)c2C1. The third-order valence-corrected chi connectivity index (χ3v) is 19.1. The number of halogens is 3. The Labute approximate surface area is 638 Å². The number of aromatic amines is 5. The second-order valence-electron chi connectivity index (χ2n) is 27.2. The molecule has 0 fully saturated rings. The van der Waals surface area contributed by atoms with E-state index in [-0.39, 0.29) is 62.8 Å². The quantitative estimate of drug-likeness (QED) is 0.0429. The van der Waals surface area contributed by atoms with Crippen molar-refractivity contribution in [3.05, 3.63) is 234 Å². The normalized spacial score (nSPS) is 14.1. The number of rotatable bonds is 16. The van der Waals surface area contributed by atoms with Gasteiger partial charge >= 0.3 is 12.1 Å². The van der Waals surface area contributed by atoms with Crippen LogP contribution in [0.15, 0.2) is 140 Å². The van der Waals surface area contributed by atoms with Crippen molar-refractivity contribution >= 4 is 64.4 Å². The zero-order valence-electron chi connectivity index (χ0n) is 60.8. The second-order valence-corrected chi connectivity index (χ2v) is 28.1. The van der Waals surface area contributed by atoms with Crippen molar-refractivity contribution in [2.75, 3.05) is 63.2 Å². The molecule has 0 saturated carbocycles. The Morgan fingerprint density at radius 2 is 0.716 bits per heavy atom. The number of aliphatic hydroxyl groups is 4. The molecule has 11 N–H and O–H groups in total. The number of nitrogens with one attached hydrogen (secondary N) is 7. The molecule has 0 bridgehead atoms. The molecule has 5 aromatic heterocycles. The molecule has 5 aromatic carbocycles. The molecule has 0 atom stereocenters. The van der Waals surface area contributed by atoms with Gasteiger partial charge in [0.2, 0.25) is 0 Å². The Morgan fingerprint density at radius 3 is 1.05 bits per heavy atom. The topological polar surface area (TPSA) is 378 Å². The van der Waals surface area contributed by atoms with Crippen molar-refractivity contribution in [1.82, 2.24) is 75.5 Å². The number of H-pyrrole nitrogens is 5. The van der Waals surface area contributed by atoms with Crippen LogP contribution < -0.4 is 24.8 Å². The van der Waals surface area contributed by atoms with Crippen molar-refractivity contribution < 1.29 is 63.0 Å². The Morgan fingerprint density at radius 1 is 0.422 bits per heavy atom. The summed E-state index contributed by atoms with van der Waals surface area (Å²) in [6, 6.07) is 41.4. The highest BCUT2D eigenvalue weighted by molar-refractivity contribution is 6.31. The van der Waals surface area contributed by atoms with Gasteiger partial charge < -0.3 is 69.8 Å². The van der Waals surface area contributed by atoms with E-state index in [1.54, 1.807) is 113 Å². The third kappa shape index (κ3) is 21.0. The Kier molecular flexibility index (Phi) is 26.5. The lowest BCUT2D eigenvalue weighted by molar-refractivity contribution is -0.135. The lowest BCUT2D eigenvalue weighted by Gasteiger charge is -2.28. The molecule has 0 saturated heterocycles. The van der Waals surface area contributed by atoms with E-state index in [4.69, 9.17) is 37.4 Å². The van der Waals surface area contributed by atoms with E-state index in [1.165, 1.54) is 0 Å². The van der Waals surface area contributed by atoms with Gasteiger partial charge in [0.1, 0.15) is 35.1 Å². The van der Waals surface area contributed by atoms with Crippen LogP contribution in [-0.2, 0) is 110 Å². The van der Waals surface area contributed by atoms with E-state index in [0.717, 1.165) is 62.7 Å². The molecule has 0 aliphatic carbocycles.